The van der Waals surface area contributed by atoms with Crippen molar-refractivity contribution in [3.8, 4) is 0 Å². The molecule has 0 N–H and O–H groups in total. The standard InChI is InChI=1S/C14H24N2O/c1-5-12(17)15-8-6-14(10-15)7-9-16(11-14)13(2,3)4/h5H,1,6-11H2,2-4H3. The number of nitrogens with zero attached hydrogens (tertiary/aromatic N) is 2. The molecule has 3 heteroatoms. The highest BCUT2D eigenvalue weighted by Crippen LogP contribution is 2.41. The Bertz CT molecular complexity index is 332. The van der Waals surface area contributed by atoms with Crippen molar-refractivity contribution in [3.63, 3.8) is 0 Å². The van der Waals surface area contributed by atoms with Crippen LogP contribution in [0.15, 0.2) is 12.7 Å². The van der Waals surface area contributed by atoms with E-state index in [4.69, 9.17) is 0 Å². The number of carbonyl (C=O) groups is 1. The van der Waals surface area contributed by atoms with E-state index in [1.165, 1.54) is 19.0 Å². The van der Waals surface area contributed by atoms with Crippen LogP contribution in [0.1, 0.15) is 33.6 Å². The molecule has 2 aliphatic heterocycles. The molecule has 0 aliphatic carbocycles. The number of hydrogen-bond donors (Lipinski definition) is 0. The van der Waals surface area contributed by atoms with Crippen molar-refractivity contribution < 1.29 is 4.79 Å². The van der Waals surface area contributed by atoms with E-state index in [0.717, 1.165) is 26.1 Å². The third-order valence-corrected chi connectivity index (χ3v) is 4.31. The molecule has 0 radical (unpaired) electrons. The molecule has 17 heavy (non-hydrogen) atoms. The predicted octanol–water partition coefficient (Wildman–Crippen LogP) is 1.90. The number of amides is 1. The Kier molecular flexibility index (Phi) is 3.06. The maximum atomic E-state index is 11.6. The van der Waals surface area contributed by atoms with Gasteiger partial charge in [-0.05, 0) is 46.2 Å². The van der Waals surface area contributed by atoms with Gasteiger partial charge in [-0.3, -0.25) is 9.69 Å². The maximum absolute atomic E-state index is 11.6. The lowest BCUT2D eigenvalue weighted by molar-refractivity contribution is -0.125. The van der Waals surface area contributed by atoms with E-state index in [2.05, 4.69) is 32.3 Å². The molecule has 0 aromatic heterocycles. The summed E-state index contributed by atoms with van der Waals surface area (Å²) >= 11 is 0. The Morgan fingerprint density at radius 2 is 1.88 bits per heavy atom. The smallest absolute Gasteiger partial charge is 0.245 e. The quantitative estimate of drug-likeness (QED) is 0.649. The van der Waals surface area contributed by atoms with Gasteiger partial charge in [0.15, 0.2) is 0 Å². The highest BCUT2D eigenvalue weighted by atomic mass is 16.2. The zero-order valence-corrected chi connectivity index (χ0v) is 11.3. The molecule has 1 atom stereocenters. The molecule has 1 spiro atoms. The number of likely N-dealkylation sites (tertiary alicyclic amines) is 2. The lowest BCUT2D eigenvalue weighted by atomic mass is 9.86. The summed E-state index contributed by atoms with van der Waals surface area (Å²) in [7, 11) is 0. The molecule has 1 unspecified atom stereocenters. The number of carbonyl (C=O) groups excluding carboxylic acids is 1. The third kappa shape index (κ3) is 2.39. The van der Waals surface area contributed by atoms with Crippen LogP contribution >= 0.6 is 0 Å². The zero-order valence-electron chi connectivity index (χ0n) is 11.3. The van der Waals surface area contributed by atoms with E-state index in [0.29, 0.717) is 5.41 Å². The topological polar surface area (TPSA) is 23.6 Å². The van der Waals surface area contributed by atoms with Gasteiger partial charge in [-0.1, -0.05) is 6.58 Å². The SMILES string of the molecule is C=CC(=O)N1CCC2(CCN(C(C)(C)C)C2)C1. The predicted molar refractivity (Wildman–Crippen MR) is 69.8 cm³/mol. The highest BCUT2D eigenvalue weighted by Gasteiger charge is 2.46. The van der Waals surface area contributed by atoms with Crippen LogP contribution in [0.3, 0.4) is 0 Å². The number of rotatable bonds is 1. The molecule has 0 aromatic rings. The second-order valence-corrected chi connectivity index (χ2v) is 6.56. The minimum Gasteiger partial charge on any atom is -0.339 e. The molecule has 2 heterocycles. The van der Waals surface area contributed by atoms with E-state index in [1.54, 1.807) is 0 Å². The lowest BCUT2D eigenvalue weighted by Gasteiger charge is -2.33. The largest absolute Gasteiger partial charge is 0.339 e. The van der Waals surface area contributed by atoms with Gasteiger partial charge in [-0.25, -0.2) is 0 Å². The molecule has 1 amide bonds. The monoisotopic (exact) mass is 236 g/mol. The van der Waals surface area contributed by atoms with Gasteiger partial charge >= 0.3 is 0 Å². The minimum absolute atomic E-state index is 0.0936. The Balaban J connectivity index is 2.01. The fraction of sp³-hybridized carbons (Fsp3) is 0.786. The van der Waals surface area contributed by atoms with Gasteiger partial charge in [0.25, 0.3) is 0 Å². The van der Waals surface area contributed by atoms with Crippen LogP contribution < -0.4 is 0 Å². The minimum atomic E-state index is 0.0936. The summed E-state index contributed by atoms with van der Waals surface area (Å²) in [6, 6.07) is 0. The summed E-state index contributed by atoms with van der Waals surface area (Å²) in [6.45, 7) is 14.5. The van der Waals surface area contributed by atoms with Crippen LogP contribution in [0.2, 0.25) is 0 Å². The average Bonchev–Trinajstić information content (AvgIpc) is 2.85. The van der Waals surface area contributed by atoms with Gasteiger partial charge < -0.3 is 4.90 Å². The van der Waals surface area contributed by atoms with Gasteiger partial charge in [0.1, 0.15) is 0 Å². The third-order valence-electron chi connectivity index (χ3n) is 4.31. The van der Waals surface area contributed by atoms with Gasteiger partial charge in [0.2, 0.25) is 5.91 Å². The van der Waals surface area contributed by atoms with E-state index >= 15 is 0 Å². The average molecular weight is 236 g/mol. The van der Waals surface area contributed by atoms with Gasteiger partial charge in [-0.2, -0.15) is 0 Å². The van der Waals surface area contributed by atoms with Crippen LogP contribution in [0.5, 0.6) is 0 Å². The fourth-order valence-electron chi connectivity index (χ4n) is 3.09. The van der Waals surface area contributed by atoms with Crippen molar-refractivity contribution >= 4 is 5.91 Å². The van der Waals surface area contributed by atoms with E-state index in [9.17, 15) is 4.79 Å². The first-order valence-electron chi connectivity index (χ1n) is 6.53. The molecule has 96 valence electrons. The molecule has 0 saturated carbocycles. The van der Waals surface area contributed by atoms with Crippen molar-refractivity contribution in [2.45, 2.75) is 39.2 Å². The maximum Gasteiger partial charge on any atom is 0.245 e. The van der Waals surface area contributed by atoms with Crippen molar-refractivity contribution in [1.29, 1.82) is 0 Å². The van der Waals surface area contributed by atoms with Crippen molar-refractivity contribution in [2.75, 3.05) is 26.2 Å². The second-order valence-electron chi connectivity index (χ2n) is 6.56. The molecular weight excluding hydrogens is 212 g/mol. The van der Waals surface area contributed by atoms with Crippen LogP contribution in [0.25, 0.3) is 0 Å². The van der Waals surface area contributed by atoms with E-state index in [1.807, 2.05) is 4.90 Å². The fourth-order valence-corrected chi connectivity index (χ4v) is 3.09. The Morgan fingerprint density at radius 3 is 2.41 bits per heavy atom. The summed E-state index contributed by atoms with van der Waals surface area (Å²) in [4.78, 5) is 16.1. The second kappa shape index (κ2) is 4.13. The van der Waals surface area contributed by atoms with Crippen LogP contribution in [0, 0.1) is 5.41 Å². The van der Waals surface area contributed by atoms with Crippen molar-refractivity contribution in [1.82, 2.24) is 9.80 Å². The molecule has 2 saturated heterocycles. The molecule has 3 nitrogen and oxygen atoms in total. The molecule has 2 aliphatic rings. The first-order valence-corrected chi connectivity index (χ1v) is 6.53. The van der Waals surface area contributed by atoms with Crippen molar-refractivity contribution in [3.05, 3.63) is 12.7 Å². The summed E-state index contributed by atoms with van der Waals surface area (Å²) in [5.41, 5.74) is 0.602. The highest BCUT2D eigenvalue weighted by molar-refractivity contribution is 5.87. The van der Waals surface area contributed by atoms with Gasteiger partial charge in [0, 0.05) is 30.6 Å². The van der Waals surface area contributed by atoms with E-state index in [-0.39, 0.29) is 11.4 Å². The normalized spacial score (nSPS) is 30.2. The lowest BCUT2D eigenvalue weighted by Crippen LogP contribution is -2.41. The Labute approximate surface area is 104 Å². The summed E-state index contributed by atoms with van der Waals surface area (Å²) in [5.74, 6) is 0.0936. The van der Waals surface area contributed by atoms with Crippen LogP contribution in [0.4, 0.5) is 0 Å². The van der Waals surface area contributed by atoms with Crippen LogP contribution in [-0.4, -0.2) is 47.4 Å². The number of hydrogen-bond acceptors (Lipinski definition) is 2. The summed E-state index contributed by atoms with van der Waals surface area (Å²) in [5, 5.41) is 0. The van der Waals surface area contributed by atoms with E-state index < -0.39 is 0 Å². The van der Waals surface area contributed by atoms with Gasteiger partial charge in [0.05, 0.1) is 0 Å². The van der Waals surface area contributed by atoms with Crippen LogP contribution in [-0.2, 0) is 4.79 Å². The Hall–Kier alpha value is -0.830. The molecule has 2 rings (SSSR count). The first-order chi connectivity index (χ1) is 7.86. The Morgan fingerprint density at radius 1 is 1.24 bits per heavy atom. The summed E-state index contributed by atoms with van der Waals surface area (Å²) in [6.07, 6.45) is 3.82. The molecule has 0 aromatic carbocycles. The van der Waals surface area contributed by atoms with Gasteiger partial charge in [-0.15, -0.1) is 0 Å². The van der Waals surface area contributed by atoms with Crippen molar-refractivity contribution in [2.24, 2.45) is 5.41 Å². The molecule has 2 fully saturated rings. The summed E-state index contributed by atoms with van der Waals surface area (Å²) < 4.78 is 0. The zero-order chi connectivity index (χ0) is 12.7. The first kappa shape index (κ1) is 12.6. The molecule has 0 bridgehead atoms. The molecular formula is C14H24N2O.